The van der Waals surface area contributed by atoms with Crippen molar-refractivity contribution in [1.29, 1.82) is 0 Å². The van der Waals surface area contributed by atoms with E-state index in [1.54, 1.807) is 6.26 Å². The average Bonchev–Trinajstić information content (AvgIpc) is 2.96. The lowest BCUT2D eigenvalue weighted by molar-refractivity contribution is 0.687. The number of hydrogen-bond acceptors (Lipinski definition) is 1. The minimum atomic E-state index is -1.03. The molecule has 0 aliphatic carbocycles. The lowest BCUT2D eigenvalue weighted by Crippen LogP contribution is -1.92. The number of rotatable bonds is 3. The Morgan fingerprint density at radius 1 is 1.08 bits per heavy atom. The second-order valence-electron chi connectivity index (χ2n) is 6.24. The zero-order valence-corrected chi connectivity index (χ0v) is 15.1. The predicted molar refractivity (Wildman–Crippen MR) is 108 cm³/mol. The molecule has 1 aromatic heterocycles. The van der Waals surface area contributed by atoms with Crippen molar-refractivity contribution in [2.45, 2.75) is 11.8 Å². The van der Waals surface area contributed by atoms with E-state index in [4.69, 9.17) is 0 Å². The Morgan fingerprint density at radius 2 is 1.84 bits per heavy atom. The van der Waals surface area contributed by atoms with E-state index in [-0.39, 0.29) is 0 Å². The first kappa shape index (κ1) is 15.9. The minimum absolute atomic E-state index is 0.864. The van der Waals surface area contributed by atoms with Gasteiger partial charge < -0.3 is 4.98 Å². The van der Waals surface area contributed by atoms with E-state index in [9.17, 15) is 4.21 Å². The molecule has 0 saturated heterocycles. The quantitative estimate of drug-likeness (QED) is 0.509. The molecular formula is C22H19NOS. The number of aromatic amines is 1. The molecule has 4 rings (SSSR count). The van der Waals surface area contributed by atoms with Crippen LogP contribution in [-0.4, -0.2) is 15.4 Å². The van der Waals surface area contributed by atoms with Gasteiger partial charge in [-0.05, 0) is 47.0 Å². The topological polar surface area (TPSA) is 32.9 Å². The summed E-state index contributed by atoms with van der Waals surface area (Å²) < 4.78 is 12.1. The number of H-pyrrole nitrogens is 1. The average molecular weight is 345 g/mol. The van der Waals surface area contributed by atoms with Crippen LogP contribution in [-0.2, 0) is 10.8 Å². The van der Waals surface area contributed by atoms with Crippen molar-refractivity contribution >= 4 is 38.6 Å². The van der Waals surface area contributed by atoms with Crippen LogP contribution in [0, 0.1) is 6.92 Å². The van der Waals surface area contributed by atoms with Crippen LogP contribution in [0.15, 0.2) is 66.1 Å². The Hall–Kier alpha value is -2.65. The first-order valence-corrected chi connectivity index (χ1v) is 9.76. The molecule has 1 atom stereocenters. The molecule has 1 N–H and O–H groups in total. The monoisotopic (exact) mass is 345 g/mol. The molecule has 3 heteroatoms. The molecule has 0 spiro atoms. The van der Waals surface area contributed by atoms with Crippen LogP contribution in [0.4, 0.5) is 0 Å². The maximum absolute atomic E-state index is 12.1. The first-order valence-electron chi connectivity index (χ1n) is 8.20. The normalized spacial score (nSPS) is 12.6. The van der Waals surface area contributed by atoms with Gasteiger partial charge in [0.2, 0.25) is 0 Å². The Morgan fingerprint density at radius 3 is 2.60 bits per heavy atom. The molecule has 0 aliphatic rings. The Labute approximate surface area is 149 Å². The highest BCUT2D eigenvalue weighted by Crippen LogP contribution is 2.35. The molecule has 2 nitrogen and oxygen atoms in total. The van der Waals surface area contributed by atoms with E-state index in [0.29, 0.717) is 0 Å². The number of benzene rings is 3. The van der Waals surface area contributed by atoms with Crippen LogP contribution in [0.5, 0.6) is 0 Å². The summed E-state index contributed by atoms with van der Waals surface area (Å²) in [5, 5.41) is 3.57. The third-order valence-corrected chi connectivity index (χ3v) is 5.70. The molecule has 1 heterocycles. The van der Waals surface area contributed by atoms with Crippen molar-refractivity contribution in [1.82, 2.24) is 4.98 Å². The van der Waals surface area contributed by atoms with Gasteiger partial charge in [-0.2, -0.15) is 0 Å². The van der Waals surface area contributed by atoms with Gasteiger partial charge in [0.25, 0.3) is 0 Å². The molecule has 4 aromatic rings. The summed E-state index contributed by atoms with van der Waals surface area (Å²) >= 11 is 0. The van der Waals surface area contributed by atoms with Crippen molar-refractivity contribution in [3.63, 3.8) is 0 Å². The maximum Gasteiger partial charge on any atom is 0.0504 e. The molecule has 0 saturated carbocycles. The van der Waals surface area contributed by atoms with Gasteiger partial charge in [-0.25, -0.2) is 0 Å². The molecule has 124 valence electrons. The van der Waals surface area contributed by atoms with Crippen molar-refractivity contribution in [2.24, 2.45) is 0 Å². The van der Waals surface area contributed by atoms with Crippen LogP contribution < -0.4 is 0 Å². The smallest absolute Gasteiger partial charge is 0.0504 e. The van der Waals surface area contributed by atoms with Gasteiger partial charge in [-0.1, -0.05) is 49.1 Å². The van der Waals surface area contributed by atoms with E-state index < -0.39 is 10.8 Å². The fourth-order valence-corrected chi connectivity index (χ4v) is 4.32. The van der Waals surface area contributed by atoms with E-state index in [1.165, 1.54) is 16.2 Å². The van der Waals surface area contributed by atoms with Gasteiger partial charge in [0, 0.05) is 33.3 Å². The lowest BCUT2D eigenvalue weighted by atomic mass is 9.97. The molecule has 0 bridgehead atoms. The van der Waals surface area contributed by atoms with Crippen molar-refractivity contribution in [2.75, 3.05) is 6.26 Å². The number of nitrogens with one attached hydrogen (secondary N) is 1. The summed E-state index contributed by atoms with van der Waals surface area (Å²) in [5.74, 6) is 0. The summed E-state index contributed by atoms with van der Waals surface area (Å²) in [6, 6.07) is 18.6. The van der Waals surface area contributed by atoms with Crippen LogP contribution >= 0.6 is 0 Å². The third-order valence-electron chi connectivity index (χ3n) is 4.73. The molecule has 0 radical (unpaired) electrons. The molecule has 25 heavy (non-hydrogen) atoms. The number of fused-ring (bicyclic) bond motifs is 3. The second-order valence-corrected chi connectivity index (χ2v) is 7.59. The zero-order valence-electron chi connectivity index (χ0n) is 14.3. The number of hydrogen-bond donors (Lipinski definition) is 1. The van der Waals surface area contributed by atoms with Crippen LogP contribution in [0.1, 0.15) is 11.3 Å². The summed E-state index contributed by atoms with van der Waals surface area (Å²) in [4.78, 5) is 4.30. The zero-order chi connectivity index (χ0) is 17.6. The highest BCUT2D eigenvalue weighted by atomic mass is 32.2. The van der Waals surface area contributed by atoms with Gasteiger partial charge in [0.15, 0.2) is 0 Å². The summed E-state index contributed by atoms with van der Waals surface area (Å²) in [5.41, 5.74) is 5.49. The van der Waals surface area contributed by atoms with Gasteiger partial charge in [0.1, 0.15) is 0 Å². The SMILES string of the molecule is C=Cc1c(C)[nH]c2ccc3ccc(-c4ccccc4S(C)=O)cc3c12. The molecule has 0 aliphatic heterocycles. The Kier molecular flexibility index (Phi) is 3.81. The predicted octanol–water partition coefficient (Wildman–Crippen LogP) is 5.68. The van der Waals surface area contributed by atoms with E-state index in [1.807, 2.05) is 30.3 Å². The summed E-state index contributed by atoms with van der Waals surface area (Å²) in [6.45, 7) is 6.05. The van der Waals surface area contributed by atoms with Crippen LogP contribution in [0.3, 0.4) is 0 Å². The minimum Gasteiger partial charge on any atom is -0.358 e. The third kappa shape index (κ3) is 2.52. The number of aromatic nitrogens is 1. The number of aryl methyl sites for hydroxylation is 1. The molecule has 0 fully saturated rings. The van der Waals surface area contributed by atoms with Crippen LogP contribution in [0.2, 0.25) is 0 Å². The summed E-state index contributed by atoms with van der Waals surface area (Å²) in [7, 11) is -1.03. The lowest BCUT2D eigenvalue weighted by Gasteiger charge is -2.10. The standard InChI is InChI=1S/C22H19NOS/c1-4-17-14(2)23-20-12-11-15-9-10-16(13-19(15)22(17)20)18-7-5-6-8-21(18)25(3)24/h4-13,23H,1H2,2-3H3. The van der Waals surface area contributed by atoms with Crippen LogP contribution in [0.25, 0.3) is 38.9 Å². The van der Waals surface area contributed by atoms with E-state index in [2.05, 4.69) is 48.8 Å². The fourth-order valence-electron chi connectivity index (χ4n) is 3.55. The van der Waals surface area contributed by atoms with Gasteiger partial charge >= 0.3 is 0 Å². The van der Waals surface area contributed by atoms with Gasteiger partial charge in [-0.3, -0.25) is 4.21 Å². The molecular weight excluding hydrogens is 326 g/mol. The maximum atomic E-state index is 12.1. The van der Waals surface area contributed by atoms with Gasteiger partial charge in [0.05, 0.1) is 10.8 Å². The van der Waals surface area contributed by atoms with Crippen molar-refractivity contribution in [3.8, 4) is 11.1 Å². The second kappa shape index (κ2) is 6.01. The van der Waals surface area contributed by atoms with Gasteiger partial charge in [-0.15, -0.1) is 0 Å². The summed E-state index contributed by atoms with van der Waals surface area (Å²) in [6.07, 6.45) is 3.64. The van der Waals surface area contributed by atoms with E-state index >= 15 is 0 Å². The fraction of sp³-hybridized carbons (Fsp3) is 0.0909. The highest BCUT2D eigenvalue weighted by molar-refractivity contribution is 7.84. The largest absolute Gasteiger partial charge is 0.358 e. The highest BCUT2D eigenvalue weighted by Gasteiger charge is 2.12. The van der Waals surface area contributed by atoms with Crippen molar-refractivity contribution in [3.05, 3.63) is 72.4 Å². The Balaban J connectivity index is 2.07. The Bertz CT molecular complexity index is 1150. The molecule has 3 aromatic carbocycles. The molecule has 0 amide bonds. The first-order chi connectivity index (χ1) is 12.1. The van der Waals surface area contributed by atoms with Crippen molar-refractivity contribution < 1.29 is 4.21 Å². The molecule has 1 unspecified atom stereocenters. The van der Waals surface area contributed by atoms with E-state index in [0.717, 1.165) is 32.8 Å².